The Bertz CT molecular complexity index is 1110. The van der Waals surface area contributed by atoms with Gasteiger partial charge in [-0.05, 0) is 79.9 Å². The molecule has 2 aromatic rings. The van der Waals surface area contributed by atoms with Crippen LogP contribution in [0.5, 0.6) is 5.75 Å². The molecule has 0 spiro atoms. The first kappa shape index (κ1) is 27.1. The highest BCUT2D eigenvalue weighted by Crippen LogP contribution is 2.27. The van der Waals surface area contributed by atoms with Crippen molar-refractivity contribution in [3.05, 3.63) is 54.1 Å². The van der Waals surface area contributed by atoms with Crippen LogP contribution < -0.4 is 15.4 Å². The molecule has 0 bridgehead atoms. The van der Waals surface area contributed by atoms with E-state index in [0.717, 1.165) is 32.1 Å². The lowest BCUT2D eigenvalue weighted by molar-refractivity contribution is 0.0977. The van der Waals surface area contributed by atoms with E-state index < -0.39 is 10.0 Å². The number of hydrogen-bond donors (Lipinski definition) is 2. The van der Waals surface area contributed by atoms with Crippen LogP contribution in [0, 0.1) is 5.92 Å². The molecule has 0 aromatic heterocycles. The van der Waals surface area contributed by atoms with Gasteiger partial charge >= 0.3 is 0 Å². The molecule has 0 radical (unpaired) electrons. The molecule has 9 heteroatoms. The maximum atomic E-state index is 13.0. The van der Waals surface area contributed by atoms with Crippen LogP contribution in [-0.2, 0) is 10.0 Å². The van der Waals surface area contributed by atoms with Gasteiger partial charge in [-0.3, -0.25) is 10.1 Å². The molecule has 0 atom stereocenters. The van der Waals surface area contributed by atoms with Crippen LogP contribution in [0.15, 0.2) is 53.4 Å². The number of ether oxygens (including phenoxy) is 1. The van der Waals surface area contributed by atoms with Gasteiger partial charge in [0.15, 0.2) is 5.11 Å². The highest BCUT2D eigenvalue weighted by atomic mass is 32.2. The van der Waals surface area contributed by atoms with Gasteiger partial charge in [0.25, 0.3) is 5.91 Å². The second kappa shape index (κ2) is 12.5. The van der Waals surface area contributed by atoms with E-state index in [1.54, 1.807) is 49.5 Å². The molecular weight excluding hydrogens is 482 g/mol. The summed E-state index contributed by atoms with van der Waals surface area (Å²) in [7, 11) is -1.90. The average Bonchev–Trinajstić information content (AvgIpc) is 2.84. The summed E-state index contributed by atoms with van der Waals surface area (Å²) in [6.07, 6.45) is 6.02. The van der Waals surface area contributed by atoms with Gasteiger partial charge in [-0.1, -0.05) is 39.2 Å². The third-order valence-electron chi connectivity index (χ3n) is 6.17. The first-order valence-corrected chi connectivity index (χ1v) is 13.9. The van der Waals surface area contributed by atoms with E-state index in [4.69, 9.17) is 17.0 Å². The Morgan fingerprint density at radius 2 is 1.80 bits per heavy atom. The van der Waals surface area contributed by atoms with E-state index in [-0.39, 0.29) is 22.0 Å². The Hall–Kier alpha value is -2.49. The zero-order valence-electron chi connectivity index (χ0n) is 20.6. The third-order valence-corrected chi connectivity index (χ3v) is 8.29. The highest BCUT2D eigenvalue weighted by molar-refractivity contribution is 7.89. The Morgan fingerprint density at radius 3 is 2.46 bits per heavy atom. The lowest BCUT2D eigenvalue weighted by Crippen LogP contribution is -2.38. The van der Waals surface area contributed by atoms with E-state index in [1.807, 2.05) is 6.07 Å². The smallest absolute Gasteiger partial charge is 0.257 e. The number of benzene rings is 2. The molecule has 190 valence electrons. The van der Waals surface area contributed by atoms with Crippen LogP contribution in [0.4, 0.5) is 5.69 Å². The predicted octanol–water partition coefficient (Wildman–Crippen LogP) is 5.19. The molecule has 1 aliphatic carbocycles. The van der Waals surface area contributed by atoms with Gasteiger partial charge in [0.05, 0.1) is 11.5 Å². The van der Waals surface area contributed by atoms with Crippen LogP contribution >= 0.6 is 12.2 Å². The standard InChI is InChI=1S/C26H35N3O4S2/c1-19(2)16-17-33-23-11-7-8-20(18-23)25(30)28-26(34)27-21-12-14-24(15-13-21)35(31,32)29(3)22-9-5-4-6-10-22/h7-8,11-15,18-19,22H,4-6,9-10,16-17H2,1-3H3,(H2,27,28,30,34). The number of thiocarbonyl (C=S) groups is 1. The fourth-order valence-corrected chi connectivity index (χ4v) is 5.62. The predicted molar refractivity (Wildman–Crippen MR) is 143 cm³/mol. The highest BCUT2D eigenvalue weighted by Gasteiger charge is 2.28. The number of nitrogens with zero attached hydrogens (tertiary/aromatic N) is 1. The number of rotatable bonds is 9. The summed E-state index contributed by atoms with van der Waals surface area (Å²) >= 11 is 5.28. The summed E-state index contributed by atoms with van der Waals surface area (Å²) in [6.45, 7) is 4.85. The Labute approximate surface area is 214 Å². The van der Waals surface area contributed by atoms with Gasteiger partial charge in [-0.2, -0.15) is 4.31 Å². The summed E-state index contributed by atoms with van der Waals surface area (Å²) < 4.78 is 33.2. The van der Waals surface area contributed by atoms with Crippen molar-refractivity contribution in [2.45, 2.75) is 63.3 Å². The van der Waals surface area contributed by atoms with E-state index in [0.29, 0.717) is 29.5 Å². The SMILES string of the molecule is CC(C)CCOc1cccc(C(=O)NC(=S)Nc2ccc(S(=O)(=O)N(C)C3CCCCC3)cc2)c1. The molecule has 1 aliphatic rings. The number of carbonyl (C=O) groups excluding carboxylic acids is 1. The van der Waals surface area contributed by atoms with E-state index in [2.05, 4.69) is 24.5 Å². The van der Waals surface area contributed by atoms with Gasteiger partial charge in [0.2, 0.25) is 10.0 Å². The van der Waals surface area contributed by atoms with Crippen molar-refractivity contribution in [1.29, 1.82) is 0 Å². The summed E-state index contributed by atoms with van der Waals surface area (Å²) in [5.74, 6) is 0.814. The zero-order valence-corrected chi connectivity index (χ0v) is 22.3. The largest absolute Gasteiger partial charge is 0.494 e. The number of sulfonamides is 1. The fourth-order valence-electron chi connectivity index (χ4n) is 3.99. The number of hydrogen-bond acceptors (Lipinski definition) is 5. The van der Waals surface area contributed by atoms with Gasteiger partial charge in [0.1, 0.15) is 5.75 Å². The van der Waals surface area contributed by atoms with Gasteiger partial charge in [0, 0.05) is 24.3 Å². The molecule has 1 saturated carbocycles. The zero-order chi connectivity index (χ0) is 25.4. The molecule has 0 unspecified atom stereocenters. The summed E-state index contributed by atoms with van der Waals surface area (Å²) in [5, 5.41) is 5.71. The van der Waals surface area contributed by atoms with Crippen LogP contribution in [0.1, 0.15) is 62.7 Å². The number of nitrogens with one attached hydrogen (secondary N) is 2. The Balaban J connectivity index is 1.56. The van der Waals surface area contributed by atoms with Crippen molar-refractivity contribution in [3.8, 4) is 5.75 Å². The number of carbonyl (C=O) groups is 1. The van der Waals surface area contributed by atoms with Crippen LogP contribution in [-0.4, -0.2) is 43.4 Å². The lowest BCUT2D eigenvalue weighted by Gasteiger charge is -2.30. The molecule has 1 amide bonds. The molecule has 2 aromatic carbocycles. The van der Waals surface area contributed by atoms with Gasteiger partial charge in [-0.25, -0.2) is 8.42 Å². The number of anilines is 1. The summed E-state index contributed by atoms with van der Waals surface area (Å²) in [4.78, 5) is 12.8. The minimum atomic E-state index is -3.56. The number of amides is 1. The monoisotopic (exact) mass is 517 g/mol. The molecule has 7 nitrogen and oxygen atoms in total. The molecule has 0 aliphatic heterocycles. The van der Waals surface area contributed by atoms with E-state index >= 15 is 0 Å². The third kappa shape index (κ3) is 7.75. The van der Waals surface area contributed by atoms with Crippen molar-refractivity contribution in [2.75, 3.05) is 19.0 Å². The molecule has 35 heavy (non-hydrogen) atoms. The van der Waals surface area contributed by atoms with E-state index in [9.17, 15) is 13.2 Å². The first-order chi connectivity index (χ1) is 16.7. The minimum Gasteiger partial charge on any atom is -0.494 e. The van der Waals surface area contributed by atoms with E-state index in [1.165, 1.54) is 10.7 Å². The summed E-state index contributed by atoms with van der Waals surface area (Å²) in [6, 6.07) is 13.4. The molecule has 0 heterocycles. The molecular formula is C26H35N3O4S2. The lowest BCUT2D eigenvalue weighted by atomic mass is 9.96. The minimum absolute atomic E-state index is 0.0495. The van der Waals surface area contributed by atoms with Crippen molar-refractivity contribution >= 4 is 38.9 Å². The maximum absolute atomic E-state index is 13.0. The topological polar surface area (TPSA) is 87.7 Å². The molecule has 3 rings (SSSR count). The van der Waals surface area contributed by atoms with Gasteiger partial charge < -0.3 is 10.1 Å². The molecule has 0 saturated heterocycles. The Morgan fingerprint density at radius 1 is 1.11 bits per heavy atom. The summed E-state index contributed by atoms with van der Waals surface area (Å²) in [5.41, 5.74) is 1.02. The quantitative estimate of drug-likeness (QED) is 0.445. The second-order valence-electron chi connectivity index (χ2n) is 9.30. The van der Waals surface area contributed by atoms with Crippen molar-refractivity contribution in [2.24, 2.45) is 5.92 Å². The molecule has 2 N–H and O–H groups in total. The van der Waals surface area contributed by atoms with Crippen molar-refractivity contribution in [3.63, 3.8) is 0 Å². The fraction of sp³-hybridized carbons (Fsp3) is 0.462. The van der Waals surface area contributed by atoms with Crippen molar-refractivity contribution < 1.29 is 17.9 Å². The first-order valence-electron chi connectivity index (χ1n) is 12.1. The normalized spacial score (nSPS) is 14.7. The average molecular weight is 518 g/mol. The van der Waals surface area contributed by atoms with Crippen LogP contribution in [0.3, 0.4) is 0 Å². The maximum Gasteiger partial charge on any atom is 0.257 e. The molecule has 1 fully saturated rings. The van der Waals surface area contributed by atoms with Crippen molar-refractivity contribution in [1.82, 2.24) is 9.62 Å². The van der Waals surface area contributed by atoms with Gasteiger partial charge in [-0.15, -0.1) is 0 Å². The second-order valence-corrected chi connectivity index (χ2v) is 11.7. The van der Waals surface area contributed by atoms with Crippen LogP contribution in [0.25, 0.3) is 0 Å². The van der Waals surface area contributed by atoms with Crippen LogP contribution in [0.2, 0.25) is 0 Å². The Kier molecular flexibility index (Phi) is 9.65.